The van der Waals surface area contributed by atoms with E-state index >= 15 is 0 Å². The van der Waals surface area contributed by atoms with Crippen LogP contribution in [0.4, 0.5) is 5.82 Å². The quantitative estimate of drug-likeness (QED) is 0.860. The molecule has 0 spiro atoms. The van der Waals surface area contributed by atoms with Crippen molar-refractivity contribution in [1.29, 1.82) is 0 Å². The van der Waals surface area contributed by atoms with Gasteiger partial charge in [-0.1, -0.05) is 13.8 Å². The van der Waals surface area contributed by atoms with Crippen LogP contribution >= 0.6 is 0 Å². The maximum atomic E-state index is 12.5. The highest BCUT2D eigenvalue weighted by Gasteiger charge is 2.43. The van der Waals surface area contributed by atoms with Crippen molar-refractivity contribution in [2.45, 2.75) is 38.6 Å². The van der Waals surface area contributed by atoms with Gasteiger partial charge in [0.05, 0.1) is 5.69 Å². The number of anilines is 1. The summed E-state index contributed by atoms with van der Waals surface area (Å²) in [5.74, 6) is -0.686. The van der Waals surface area contributed by atoms with E-state index in [9.17, 15) is 14.7 Å². The van der Waals surface area contributed by atoms with Crippen molar-refractivity contribution in [3.05, 3.63) is 21.7 Å². The third-order valence-electron chi connectivity index (χ3n) is 3.63. The minimum atomic E-state index is -0.968. The number of aromatic nitrogens is 2. The Kier molecular flexibility index (Phi) is 2.91. The van der Waals surface area contributed by atoms with E-state index in [0.29, 0.717) is 6.42 Å². The van der Waals surface area contributed by atoms with Crippen molar-refractivity contribution in [3.63, 3.8) is 0 Å². The number of carboxylic acid groups (broad SMARTS) is 1. The number of hydrogen-bond donors (Lipinski definition) is 1. The molecular formula is C13H19N3O3. The van der Waals surface area contributed by atoms with Crippen LogP contribution in [0, 0.1) is 6.92 Å². The zero-order chi connectivity index (χ0) is 14.5. The molecule has 2 rings (SSSR count). The van der Waals surface area contributed by atoms with Crippen LogP contribution in [0.3, 0.4) is 0 Å². The third-order valence-corrected chi connectivity index (χ3v) is 3.63. The molecule has 2 heterocycles. The van der Waals surface area contributed by atoms with Gasteiger partial charge in [0.25, 0.3) is 5.56 Å². The number of carboxylic acids is 1. The molecule has 0 saturated carbocycles. The Bertz CT molecular complexity index is 602. The lowest BCUT2D eigenvalue weighted by Crippen LogP contribution is -2.34. The van der Waals surface area contributed by atoms with E-state index in [1.165, 1.54) is 4.57 Å². The average molecular weight is 265 g/mol. The summed E-state index contributed by atoms with van der Waals surface area (Å²) < 4.78 is 1.40. The third kappa shape index (κ3) is 1.91. The van der Waals surface area contributed by atoms with Crippen LogP contribution in [-0.2, 0) is 10.2 Å². The summed E-state index contributed by atoms with van der Waals surface area (Å²) in [4.78, 5) is 29.8. The van der Waals surface area contributed by atoms with Gasteiger partial charge in [0.2, 0.25) is 0 Å². The van der Waals surface area contributed by atoms with Gasteiger partial charge in [-0.15, -0.1) is 0 Å². The largest absolute Gasteiger partial charge is 0.480 e. The molecule has 0 fully saturated rings. The first-order chi connectivity index (χ1) is 8.66. The fourth-order valence-corrected chi connectivity index (χ4v) is 2.92. The van der Waals surface area contributed by atoms with Crippen molar-refractivity contribution in [1.82, 2.24) is 9.55 Å². The van der Waals surface area contributed by atoms with Crippen LogP contribution in [0.15, 0.2) is 4.79 Å². The SMILES string of the molecule is Cc1nc(N(C)C)c(=O)n2c1C(C)(C)C[C@H]2C(=O)O. The van der Waals surface area contributed by atoms with Crippen molar-refractivity contribution in [2.75, 3.05) is 19.0 Å². The van der Waals surface area contributed by atoms with E-state index in [-0.39, 0.29) is 16.8 Å². The summed E-state index contributed by atoms with van der Waals surface area (Å²) >= 11 is 0. The van der Waals surface area contributed by atoms with Crippen LogP contribution in [0.2, 0.25) is 0 Å². The zero-order valence-electron chi connectivity index (χ0n) is 11.9. The Balaban J connectivity index is 2.82. The fraction of sp³-hybridized carbons (Fsp3) is 0.615. The Hall–Kier alpha value is -1.85. The molecule has 104 valence electrons. The molecular weight excluding hydrogens is 246 g/mol. The van der Waals surface area contributed by atoms with Gasteiger partial charge >= 0.3 is 5.97 Å². The fourth-order valence-electron chi connectivity index (χ4n) is 2.92. The van der Waals surface area contributed by atoms with Crippen molar-refractivity contribution >= 4 is 11.8 Å². The van der Waals surface area contributed by atoms with Gasteiger partial charge in [-0.05, 0) is 13.3 Å². The number of carbonyl (C=O) groups is 1. The van der Waals surface area contributed by atoms with Gasteiger partial charge in [0.1, 0.15) is 6.04 Å². The minimum absolute atomic E-state index is 0.283. The number of aryl methyl sites for hydroxylation is 1. The first-order valence-corrected chi connectivity index (χ1v) is 6.20. The molecule has 0 amide bonds. The van der Waals surface area contributed by atoms with Gasteiger partial charge in [0.15, 0.2) is 5.82 Å². The predicted octanol–water partition coefficient (Wildman–Crippen LogP) is 0.925. The molecule has 1 aliphatic rings. The average Bonchev–Trinajstić information content (AvgIpc) is 2.56. The van der Waals surface area contributed by atoms with E-state index in [1.807, 2.05) is 20.8 Å². The molecule has 6 nitrogen and oxygen atoms in total. The minimum Gasteiger partial charge on any atom is -0.480 e. The van der Waals surface area contributed by atoms with Gasteiger partial charge in [-0.3, -0.25) is 9.36 Å². The number of hydrogen-bond acceptors (Lipinski definition) is 4. The van der Waals surface area contributed by atoms with E-state index in [0.717, 1.165) is 11.4 Å². The second kappa shape index (κ2) is 4.08. The second-order valence-corrected chi connectivity index (χ2v) is 5.88. The monoisotopic (exact) mass is 265 g/mol. The van der Waals surface area contributed by atoms with Crippen LogP contribution in [0.1, 0.15) is 37.7 Å². The Morgan fingerprint density at radius 3 is 2.53 bits per heavy atom. The molecule has 0 aliphatic carbocycles. The smallest absolute Gasteiger partial charge is 0.326 e. The molecule has 19 heavy (non-hydrogen) atoms. The van der Waals surface area contributed by atoms with Crippen LogP contribution in [0.25, 0.3) is 0 Å². The maximum absolute atomic E-state index is 12.5. The van der Waals surface area contributed by atoms with E-state index in [1.54, 1.807) is 19.0 Å². The lowest BCUT2D eigenvalue weighted by atomic mass is 9.85. The number of rotatable bonds is 2. The Labute approximate surface area is 111 Å². The summed E-state index contributed by atoms with van der Waals surface area (Å²) in [5.41, 5.74) is 0.764. The first kappa shape index (κ1) is 13.6. The molecule has 1 aromatic heterocycles. The summed E-state index contributed by atoms with van der Waals surface area (Å²) in [6.07, 6.45) is 0.414. The molecule has 1 N–H and O–H groups in total. The van der Waals surface area contributed by atoms with Crippen LogP contribution < -0.4 is 10.5 Å². The molecule has 1 atom stereocenters. The Morgan fingerprint density at radius 1 is 1.47 bits per heavy atom. The summed E-state index contributed by atoms with van der Waals surface area (Å²) in [6.45, 7) is 5.72. The van der Waals surface area contributed by atoms with Gasteiger partial charge in [-0.25, -0.2) is 9.78 Å². The highest BCUT2D eigenvalue weighted by Crippen LogP contribution is 2.41. The van der Waals surface area contributed by atoms with Crippen molar-refractivity contribution in [2.24, 2.45) is 0 Å². The lowest BCUT2D eigenvalue weighted by molar-refractivity contribution is -0.140. The molecule has 6 heteroatoms. The molecule has 1 aromatic rings. The van der Waals surface area contributed by atoms with E-state index in [4.69, 9.17) is 0 Å². The number of nitrogens with zero attached hydrogens (tertiary/aromatic N) is 3. The molecule has 0 radical (unpaired) electrons. The van der Waals surface area contributed by atoms with Gasteiger partial charge in [0, 0.05) is 25.2 Å². The summed E-state index contributed by atoms with van der Waals surface area (Å²) in [5, 5.41) is 9.34. The standard InChI is InChI=1S/C13H19N3O3/c1-7-9-13(2,3)6-8(12(18)19)16(9)11(17)10(14-7)15(4)5/h8H,6H2,1-5H3,(H,18,19)/t8-/m0/s1. The number of aliphatic carboxylic acids is 1. The summed E-state index contributed by atoms with van der Waals surface area (Å²) in [7, 11) is 3.46. The van der Waals surface area contributed by atoms with E-state index in [2.05, 4.69) is 4.98 Å². The van der Waals surface area contributed by atoms with Crippen LogP contribution in [0.5, 0.6) is 0 Å². The molecule has 0 bridgehead atoms. The van der Waals surface area contributed by atoms with Gasteiger partial charge in [-0.2, -0.15) is 0 Å². The maximum Gasteiger partial charge on any atom is 0.326 e. The topological polar surface area (TPSA) is 75.4 Å². The highest BCUT2D eigenvalue weighted by atomic mass is 16.4. The van der Waals surface area contributed by atoms with Crippen molar-refractivity contribution < 1.29 is 9.90 Å². The normalized spacial score (nSPS) is 20.2. The first-order valence-electron chi connectivity index (χ1n) is 6.20. The predicted molar refractivity (Wildman–Crippen MR) is 71.9 cm³/mol. The lowest BCUT2D eigenvalue weighted by Gasteiger charge is -2.21. The molecule has 0 saturated heterocycles. The molecule has 0 aromatic carbocycles. The zero-order valence-corrected chi connectivity index (χ0v) is 11.9. The second-order valence-electron chi connectivity index (χ2n) is 5.88. The van der Waals surface area contributed by atoms with Crippen LogP contribution in [-0.4, -0.2) is 34.7 Å². The van der Waals surface area contributed by atoms with Crippen molar-refractivity contribution in [3.8, 4) is 0 Å². The summed E-state index contributed by atoms with van der Waals surface area (Å²) in [6, 6.07) is -0.807. The molecule has 0 unspecified atom stereocenters. The number of fused-ring (bicyclic) bond motifs is 1. The molecule has 1 aliphatic heterocycles. The highest BCUT2D eigenvalue weighted by molar-refractivity contribution is 5.73. The van der Waals surface area contributed by atoms with E-state index < -0.39 is 12.0 Å². The Morgan fingerprint density at radius 2 is 2.05 bits per heavy atom. The van der Waals surface area contributed by atoms with Gasteiger partial charge < -0.3 is 10.0 Å².